The Labute approximate surface area is 124 Å². The lowest BCUT2D eigenvalue weighted by Gasteiger charge is -2.36. The van der Waals surface area contributed by atoms with Crippen molar-refractivity contribution < 1.29 is 14.7 Å². The Morgan fingerprint density at radius 1 is 1.33 bits per heavy atom. The number of carbonyl (C=O) groups excluding carboxylic acids is 1. The average molecular weight is 288 g/mol. The van der Waals surface area contributed by atoms with E-state index < -0.39 is 11.5 Å². The molecule has 0 bridgehead atoms. The number of amides is 1. The summed E-state index contributed by atoms with van der Waals surface area (Å²) in [6.07, 6.45) is 10.9. The summed E-state index contributed by atoms with van der Waals surface area (Å²) in [5.41, 5.74) is 0.240. The van der Waals surface area contributed by atoms with Crippen LogP contribution in [-0.4, -0.2) is 27.5 Å². The number of nitrogens with one attached hydrogen (secondary N) is 1. The molecular weight excluding hydrogens is 268 g/mol. The van der Waals surface area contributed by atoms with E-state index in [-0.39, 0.29) is 12.3 Å². The summed E-state index contributed by atoms with van der Waals surface area (Å²) < 4.78 is 0. The summed E-state index contributed by atoms with van der Waals surface area (Å²) in [6, 6.07) is 3.65. The van der Waals surface area contributed by atoms with Crippen LogP contribution in [0, 0.1) is 0 Å². The van der Waals surface area contributed by atoms with Crippen LogP contribution in [0.4, 0.5) is 0 Å². The molecule has 1 saturated carbocycles. The summed E-state index contributed by atoms with van der Waals surface area (Å²) in [4.78, 5) is 27.1. The SMILES string of the molecule is O=C(O)CC1(NC(=O)C=Cc2cccnc2)CCCCC1. The standard InChI is InChI=1S/C16H20N2O3/c19-14(7-6-13-5-4-10-17-12-13)18-16(11-15(20)21)8-2-1-3-9-16/h4-7,10,12H,1-3,8-9,11H2,(H,18,19)(H,20,21). The molecule has 0 unspecified atom stereocenters. The molecule has 0 spiro atoms. The van der Waals surface area contributed by atoms with Gasteiger partial charge in [0, 0.05) is 18.5 Å². The fourth-order valence-corrected chi connectivity index (χ4v) is 2.81. The predicted octanol–water partition coefficient (Wildman–Crippen LogP) is 2.39. The van der Waals surface area contributed by atoms with Gasteiger partial charge < -0.3 is 10.4 Å². The minimum absolute atomic E-state index is 0.0144. The van der Waals surface area contributed by atoms with Gasteiger partial charge in [-0.3, -0.25) is 14.6 Å². The minimum Gasteiger partial charge on any atom is -0.481 e. The third-order valence-electron chi connectivity index (χ3n) is 3.80. The highest BCUT2D eigenvalue weighted by atomic mass is 16.4. The number of aromatic nitrogens is 1. The molecule has 1 heterocycles. The van der Waals surface area contributed by atoms with Crippen molar-refractivity contribution in [3.05, 3.63) is 36.2 Å². The number of carboxylic acid groups (broad SMARTS) is 1. The molecule has 1 amide bonds. The Kier molecular flexibility index (Phi) is 5.09. The number of hydrogen-bond acceptors (Lipinski definition) is 3. The fraction of sp³-hybridized carbons (Fsp3) is 0.438. The van der Waals surface area contributed by atoms with Crippen molar-refractivity contribution >= 4 is 18.0 Å². The van der Waals surface area contributed by atoms with Crippen LogP contribution in [-0.2, 0) is 9.59 Å². The van der Waals surface area contributed by atoms with Crippen molar-refractivity contribution in [2.75, 3.05) is 0 Å². The van der Waals surface area contributed by atoms with Crippen molar-refractivity contribution in [2.45, 2.75) is 44.1 Å². The van der Waals surface area contributed by atoms with Crippen molar-refractivity contribution in [2.24, 2.45) is 0 Å². The topological polar surface area (TPSA) is 79.3 Å². The first-order chi connectivity index (χ1) is 10.1. The number of nitrogens with zero attached hydrogens (tertiary/aromatic N) is 1. The smallest absolute Gasteiger partial charge is 0.305 e. The molecule has 112 valence electrons. The molecule has 1 fully saturated rings. The zero-order valence-electron chi connectivity index (χ0n) is 11.9. The minimum atomic E-state index is -0.867. The van der Waals surface area contributed by atoms with Gasteiger partial charge in [0.25, 0.3) is 0 Å². The third kappa shape index (κ3) is 4.70. The molecule has 2 rings (SSSR count). The van der Waals surface area contributed by atoms with Gasteiger partial charge in [-0.05, 0) is 30.5 Å². The van der Waals surface area contributed by atoms with E-state index in [1.165, 1.54) is 6.08 Å². The summed E-state index contributed by atoms with van der Waals surface area (Å²) in [6.45, 7) is 0. The first kappa shape index (κ1) is 15.2. The van der Waals surface area contributed by atoms with Gasteiger partial charge in [-0.25, -0.2) is 0 Å². The monoisotopic (exact) mass is 288 g/mol. The van der Waals surface area contributed by atoms with Gasteiger partial charge in [0.15, 0.2) is 0 Å². The molecule has 5 heteroatoms. The molecule has 1 aliphatic carbocycles. The highest BCUT2D eigenvalue weighted by Crippen LogP contribution is 2.31. The van der Waals surface area contributed by atoms with Crippen LogP contribution >= 0.6 is 0 Å². The van der Waals surface area contributed by atoms with Crippen LogP contribution in [0.25, 0.3) is 6.08 Å². The summed E-state index contributed by atoms with van der Waals surface area (Å²) in [7, 11) is 0. The summed E-state index contributed by atoms with van der Waals surface area (Å²) >= 11 is 0. The van der Waals surface area contributed by atoms with E-state index >= 15 is 0 Å². The summed E-state index contributed by atoms with van der Waals surface area (Å²) in [5, 5.41) is 12.0. The highest BCUT2D eigenvalue weighted by molar-refractivity contribution is 5.92. The number of rotatable bonds is 5. The molecule has 1 aromatic rings. The van der Waals surface area contributed by atoms with Crippen LogP contribution < -0.4 is 5.32 Å². The molecule has 2 N–H and O–H groups in total. The van der Waals surface area contributed by atoms with Crippen molar-refractivity contribution in [3.63, 3.8) is 0 Å². The van der Waals surface area contributed by atoms with Gasteiger partial charge in [-0.1, -0.05) is 25.3 Å². The largest absolute Gasteiger partial charge is 0.481 e. The van der Waals surface area contributed by atoms with Gasteiger partial charge in [0.2, 0.25) is 5.91 Å². The second-order valence-corrected chi connectivity index (χ2v) is 5.52. The van der Waals surface area contributed by atoms with E-state index in [4.69, 9.17) is 5.11 Å². The van der Waals surface area contributed by atoms with E-state index in [1.54, 1.807) is 24.5 Å². The Balaban J connectivity index is 2.01. The van der Waals surface area contributed by atoms with Crippen LogP contribution in [0.2, 0.25) is 0 Å². The zero-order chi connectivity index (χ0) is 15.1. The first-order valence-electron chi connectivity index (χ1n) is 7.22. The van der Waals surface area contributed by atoms with Crippen molar-refractivity contribution in [1.29, 1.82) is 0 Å². The number of hydrogen-bond donors (Lipinski definition) is 2. The van der Waals surface area contributed by atoms with Gasteiger partial charge in [0.05, 0.1) is 12.0 Å². The van der Waals surface area contributed by atoms with Gasteiger partial charge >= 0.3 is 5.97 Å². The lowest BCUT2D eigenvalue weighted by Crippen LogP contribution is -2.50. The number of carbonyl (C=O) groups is 2. The maximum Gasteiger partial charge on any atom is 0.305 e. The van der Waals surface area contributed by atoms with E-state index in [0.29, 0.717) is 0 Å². The summed E-state index contributed by atoms with van der Waals surface area (Å²) in [5.74, 6) is -1.12. The lowest BCUT2D eigenvalue weighted by atomic mass is 9.79. The Hall–Kier alpha value is -2.17. The molecule has 0 atom stereocenters. The Morgan fingerprint density at radius 3 is 2.71 bits per heavy atom. The number of aliphatic carboxylic acids is 1. The van der Waals surface area contributed by atoms with E-state index in [1.807, 2.05) is 6.07 Å². The molecule has 1 aliphatic rings. The highest BCUT2D eigenvalue weighted by Gasteiger charge is 2.35. The van der Waals surface area contributed by atoms with Gasteiger partial charge in [0.1, 0.15) is 0 Å². The second-order valence-electron chi connectivity index (χ2n) is 5.52. The van der Waals surface area contributed by atoms with E-state index in [2.05, 4.69) is 10.3 Å². The maximum absolute atomic E-state index is 12.1. The maximum atomic E-state index is 12.1. The fourth-order valence-electron chi connectivity index (χ4n) is 2.81. The molecule has 1 aromatic heterocycles. The number of pyridine rings is 1. The average Bonchev–Trinajstić information content (AvgIpc) is 2.46. The molecule has 0 radical (unpaired) electrons. The molecule has 0 aliphatic heterocycles. The molecule has 0 saturated heterocycles. The normalized spacial score (nSPS) is 17.5. The number of carboxylic acids is 1. The molecule has 0 aromatic carbocycles. The van der Waals surface area contributed by atoms with Crippen molar-refractivity contribution in [3.8, 4) is 0 Å². The molecule has 5 nitrogen and oxygen atoms in total. The molecule has 21 heavy (non-hydrogen) atoms. The Morgan fingerprint density at radius 2 is 2.10 bits per heavy atom. The zero-order valence-corrected chi connectivity index (χ0v) is 11.9. The third-order valence-corrected chi connectivity index (χ3v) is 3.80. The quantitative estimate of drug-likeness (QED) is 0.815. The van der Waals surface area contributed by atoms with Crippen LogP contribution in [0.15, 0.2) is 30.6 Å². The predicted molar refractivity (Wildman–Crippen MR) is 79.5 cm³/mol. The van der Waals surface area contributed by atoms with Crippen molar-refractivity contribution in [1.82, 2.24) is 10.3 Å². The van der Waals surface area contributed by atoms with E-state index in [9.17, 15) is 9.59 Å². The van der Waals surface area contributed by atoms with Crippen LogP contribution in [0.3, 0.4) is 0 Å². The second kappa shape index (κ2) is 7.02. The van der Waals surface area contributed by atoms with Crippen LogP contribution in [0.1, 0.15) is 44.1 Å². The van der Waals surface area contributed by atoms with Gasteiger partial charge in [-0.15, -0.1) is 0 Å². The van der Waals surface area contributed by atoms with E-state index in [0.717, 1.165) is 37.7 Å². The molecular formula is C16H20N2O3. The first-order valence-corrected chi connectivity index (χ1v) is 7.22. The lowest BCUT2D eigenvalue weighted by molar-refractivity contribution is -0.139. The van der Waals surface area contributed by atoms with Gasteiger partial charge in [-0.2, -0.15) is 0 Å². The Bertz CT molecular complexity index is 520. The van der Waals surface area contributed by atoms with Crippen LogP contribution in [0.5, 0.6) is 0 Å².